The SMILES string of the molecule is Cc1ccccc1NC(=O)C(Sc1cccc(NC(=S)Nc2ccccc2)c1)c1ccccc1. The summed E-state index contributed by atoms with van der Waals surface area (Å²) in [6, 6.07) is 35.3. The fraction of sp³-hybridized carbons (Fsp3) is 0.0714. The molecule has 0 aliphatic rings. The van der Waals surface area contributed by atoms with Crippen LogP contribution in [-0.4, -0.2) is 11.0 Å². The fourth-order valence-electron chi connectivity index (χ4n) is 3.41. The number of aryl methyl sites for hydroxylation is 1. The molecule has 4 rings (SSSR count). The van der Waals surface area contributed by atoms with Crippen molar-refractivity contribution in [2.24, 2.45) is 0 Å². The normalized spacial score (nSPS) is 11.3. The van der Waals surface area contributed by atoms with Gasteiger partial charge in [0.2, 0.25) is 5.91 Å². The van der Waals surface area contributed by atoms with E-state index >= 15 is 0 Å². The lowest BCUT2D eigenvalue weighted by Crippen LogP contribution is -2.20. The molecule has 1 amide bonds. The number of benzene rings is 4. The van der Waals surface area contributed by atoms with Crippen LogP contribution in [0.4, 0.5) is 17.1 Å². The molecule has 0 radical (unpaired) electrons. The molecule has 1 atom stereocenters. The third-order valence-electron chi connectivity index (χ3n) is 5.12. The summed E-state index contributed by atoms with van der Waals surface area (Å²) >= 11 is 6.96. The van der Waals surface area contributed by atoms with E-state index in [4.69, 9.17) is 12.2 Å². The molecule has 170 valence electrons. The van der Waals surface area contributed by atoms with Crippen LogP contribution in [0.3, 0.4) is 0 Å². The zero-order chi connectivity index (χ0) is 23.8. The zero-order valence-corrected chi connectivity index (χ0v) is 20.3. The van der Waals surface area contributed by atoms with Gasteiger partial charge in [-0.1, -0.05) is 72.8 Å². The number of hydrogen-bond acceptors (Lipinski definition) is 3. The van der Waals surface area contributed by atoms with Crippen LogP contribution in [0.5, 0.6) is 0 Å². The van der Waals surface area contributed by atoms with Gasteiger partial charge in [-0.2, -0.15) is 0 Å². The first kappa shape index (κ1) is 23.5. The van der Waals surface area contributed by atoms with Crippen molar-refractivity contribution in [3.05, 3.63) is 120 Å². The van der Waals surface area contributed by atoms with Crippen molar-refractivity contribution < 1.29 is 4.79 Å². The summed E-state index contributed by atoms with van der Waals surface area (Å²) in [5, 5.41) is 9.59. The summed E-state index contributed by atoms with van der Waals surface area (Å²) < 4.78 is 0. The molecule has 0 saturated carbocycles. The summed E-state index contributed by atoms with van der Waals surface area (Å²) in [4.78, 5) is 14.3. The number of thiocarbonyl (C=S) groups is 1. The Morgan fingerprint density at radius 3 is 2.09 bits per heavy atom. The molecule has 0 spiro atoms. The smallest absolute Gasteiger partial charge is 0.242 e. The summed E-state index contributed by atoms with van der Waals surface area (Å²) in [5.41, 5.74) is 4.56. The first-order chi connectivity index (χ1) is 16.6. The quantitative estimate of drug-likeness (QED) is 0.191. The van der Waals surface area contributed by atoms with E-state index in [1.807, 2.05) is 116 Å². The molecule has 0 aliphatic heterocycles. The average Bonchev–Trinajstić information content (AvgIpc) is 2.85. The minimum absolute atomic E-state index is 0.0647. The van der Waals surface area contributed by atoms with Crippen LogP contribution in [0.1, 0.15) is 16.4 Å². The van der Waals surface area contributed by atoms with Crippen LogP contribution in [0, 0.1) is 6.92 Å². The third kappa shape index (κ3) is 6.47. The van der Waals surface area contributed by atoms with E-state index < -0.39 is 5.25 Å². The van der Waals surface area contributed by atoms with Crippen LogP contribution in [-0.2, 0) is 4.79 Å². The maximum absolute atomic E-state index is 13.4. The van der Waals surface area contributed by atoms with Gasteiger partial charge in [-0.3, -0.25) is 4.79 Å². The average molecular weight is 484 g/mol. The summed E-state index contributed by atoms with van der Waals surface area (Å²) in [7, 11) is 0. The molecule has 1 unspecified atom stereocenters. The topological polar surface area (TPSA) is 53.2 Å². The Morgan fingerprint density at radius 2 is 1.35 bits per heavy atom. The number of rotatable bonds is 7. The second-order valence-electron chi connectivity index (χ2n) is 7.69. The van der Waals surface area contributed by atoms with E-state index in [0.717, 1.165) is 33.1 Å². The van der Waals surface area contributed by atoms with E-state index in [9.17, 15) is 4.79 Å². The van der Waals surface area contributed by atoms with Crippen molar-refractivity contribution in [3.8, 4) is 0 Å². The largest absolute Gasteiger partial charge is 0.332 e. The first-order valence-corrected chi connectivity index (χ1v) is 12.2. The summed E-state index contributed by atoms with van der Waals surface area (Å²) in [5.74, 6) is -0.0647. The molecular weight excluding hydrogens is 458 g/mol. The van der Waals surface area contributed by atoms with Crippen molar-refractivity contribution in [3.63, 3.8) is 0 Å². The number of nitrogens with one attached hydrogen (secondary N) is 3. The Kier molecular flexibility index (Phi) is 7.96. The monoisotopic (exact) mass is 483 g/mol. The third-order valence-corrected chi connectivity index (χ3v) is 6.57. The van der Waals surface area contributed by atoms with E-state index in [0.29, 0.717) is 5.11 Å². The number of thioether (sulfide) groups is 1. The molecule has 4 aromatic rings. The lowest BCUT2D eigenvalue weighted by atomic mass is 10.1. The van der Waals surface area contributed by atoms with E-state index in [1.54, 1.807) is 0 Å². The van der Waals surface area contributed by atoms with Gasteiger partial charge in [0.25, 0.3) is 0 Å². The lowest BCUT2D eigenvalue weighted by molar-refractivity contribution is -0.115. The molecular formula is C28H25N3OS2. The Balaban J connectivity index is 1.50. The minimum atomic E-state index is -0.412. The van der Waals surface area contributed by atoms with Crippen LogP contribution in [0.15, 0.2) is 114 Å². The molecule has 0 heterocycles. The lowest BCUT2D eigenvalue weighted by Gasteiger charge is -2.18. The number of carbonyl (C=O) groups excluding carboxylic acids is 1. The molecule has 0 fully saturated rings. The van der Waals surface area contributed by atoms with Gasteiger partial charge in [0.1, 0.15) is 5.25 Å². The van der Waals surface area contributed by atoms with Gasteiger partial charge < -0.3 is 16.0 Å². The van der Waals surface area contributed by atoms with Crippen molar-refractivity contribution in [1.82, 2.24) is 0 Å². The minimum Gasteiger partial charge on any atom is -0.332 e. The predicted molar refractivity (Wildman–Crippen MR) is 148 cm³/mol. The number of hydrogen-bond donors (Lipinski definition) is 3. The molecule has 4 nitrogen and oxygen atoms in total. The molecule has 0 saturated heterocycles. The first-order valence-electron chi connectivity index (χ1n) is 10.9. The predicted octanol–water partition coefficient (Wildman–Crippen LogP) is 7.28. The van der Waals surface area contributed by atoms with Gasteiger partial charge >= 0.3 is 0 Å². The second kappa shape index (κ2) is 11.5. The van der Waals surface area contributed by atoms with Crippen molar-refractivity contribution in [2.75, 3.05) is 16.0 Å². The van der Waals surface area contributed by atoms with Crippen LogP contribution < -0.4 is 16.0 Å². The molecule has 0 aromatic heterocycles. The van der Waals surface area contributed by atoms with E-state index in [2.05, 4.69) is 16.0 Å². The Labute approximate surface area is 209 Å². The zero-order valence-electron chi connectivity index (χ0n) is 18.7. The molecule has 34 heavy (non-hydrogen) atoms. The number of anilines is 3. The number of para-hydroxylation sites is 2. The van der Waals surface area contributed by atoms with Gasteiger partial charge in [-0.25, -0.2) is 0 Å². The van der Waals surface area contributed by atoms with Crippen molar-refractivity contribution >= 4 is 52.1 Å². The maximum Gasteiger partial charge on any atom is 0.242 e. The Hall–Kier alpha value is -3.61. The van der Waals surface area contributed by atoms with Crippen LogP contribution >= 0.6 is 24.0 Å². The van der Waals surface area contributed by atoms with E-state index in [-0.39, 0.29) is 5.91 Å². The molecule has 6 heteroatoms. The van der Waals surface area contributed by atoms with Gasteiger partial charge in [-0.05, 0) is 66.7 Å². The van der Waals surface area contributed by atoms with Gasteiger partial charge in [0.15, 0.2) is 5.11 Å². The van der Waals surface area contributed by atoms with Gasteiger partial charge in [0.05, 0.1) is 0 Å². The highest BCUT2D eigenvalue weighted by Crippen LogP contribution is 2.37. The van der Waals surface area contributed by atoms with Crippen LogP contribution in [0.25, 0.3) is 0 Å². The van der Waals surface area contributed by atoms with Gasteiger partial charge in [0, 0.05) is 22.0 Å². The molecule has 0 aliphatic carbocycles. The summed E-state index contributed by atoms with van der Waals surface area (Å²) in [6.45, 7) is 1.99. The maximum atomic E-state index is 13.4. The highest BCUT2D eigenvalue weighted by Gasteiger charge is 2.22. The van der Waals surface area contributed by atoms with Gasteiger partial charge in [-0.15, -0.1) is 11.8 Å². The molecule has 0 bridgehead atoms. The molecule has 3 N–H and O–H groups in total. The van der Waals surface area contributed by atoms with Crippen molar-refractivity contribution in [2.45, 2.75) is 17.1 Å². The summed E-state index contributed by atoms with van der Waals surface area (Å²) in [6.07, 6.45) is 0. The van der Waals surface area contributed by atoms with E-state index in [1.165, 1.54) is 11.8 Å². The fourth-order valence-corrected chi connectivity index (χ4v) is 4.73. The van der Waals surface area contributed by atoms with Crippen LogP contribution in [0.2, 0.25) is 0 Å². The molecule has 4 aromatic carbocycles. The standard InChI is InChI=1S/C28H25N3OS2/c1-20-11-8-9-18-25(20)31-27(32)26(21-12-4-2-5-13-21)34-24-17-10-16-23(19-24)30-28(33)29-22-14-6-3-7-15-22/h2-19,26H,1H3,(H,31,32)(H2,29,30,33). The highest BCUT2D eigenvalue weighted by molar-refractivity contribution is 8.00. The highest BCUT2D eigenvalue weighted by atomic mass is 32.2. The second-order valence-corrected chi connectivity index (χ2v) is 9.27. The number of amides is 1. The Morgan fingerprint density at radius 1 is 0.735 bits per heavy atom. The van der Waals surface area contributed by atoms with Crippen molar-refractivity contribution in [1.29, 1.82) is 0 Å². The number of carbonyl (C=O) groups is 1. The Bertz CT molecular complexity index is 1260.